The third-order valence-corrected chi connectivity index (χ3v) is 4.56. The fraction of sp³-hybridized carbons (Fsp3) is 0.211. The number of anilines is 1. The van der Waals surface area contributed by atoms with E-state index in [1.807, 2.05) is 30.3 Å². The first-order valence-electron chi connectivity index (χ1n) is 8.38. The summed E-state index contributed by atoms with van der Waals surface area (Å²) in [6.07, 6.45) is 3.87. The van der Waals surface area contributed by atoms with E-state index in [0.29, 0.717) is 24.4 Å². The number of hydrogen-bond donors (Lipinski definition) is 2. The summed E-state index contributed by atoms with van der Waals surface area (Å²) in [6.45, 7) is 0.687. The van der Waals surface area contributed by atoms with Gasteiger partial charge in [-0.1, -0.05) is 24.3 Å². The first-order chi connectivity index (χ1) is 12.7. The normalized spacial score (nSPS) is 16.0. The minimum Gasteiger partial charge on any atom is -0.495 e. The highest BCUT2D eigenvalue weighted by atomic mass is 16.5. The second-order valence-corrected chi connectivity index (χ2v) is 6.15. The van der Waals surface area contributed by atoms with Crippen LogP contribution in [0.5, 0.6) is 5.75 Å². The summed E-state index contributed by atoms with van der Waals surface area (Å²) >= 11 is 0. The van der Waals surface area contributed by atoms with Gasteiger partial charge in [-0.2, -0.15) is 0 Å². The number of nitrogens with zero attached hydrogens (tertiary/aromatic N) is 3. The number of aromatic nitrogens is 3. The molecule has 0 spiro atoms. The van der Waals surface area contributed by atoms with Gasteiger partial charge in [0, 0.05) is 6.54 Å². The van der Waals surface area contributed by atoms with E-state index < -0.39 is 0 Å². The van der Waals surface area contributed by atoms with E-state index in [4.69, 9.17) is 4.74 Å². The molecule has 2 N–H and O–H groups in total. The molecular formula is C19H19N5O2. The Morgan fingerprint density at radius 2 is 1.96 bits per heavy atom. The van der Waals surface area contributed by atoms with Crippen LogP contribution in [-0.4, -0.2) is 33.8 Å². The van der Waals surface area contributed by atoms with Gasteiger partial charge in [0.2, 0.25) is 5.91 Å². The van der Waals surface area contributed by atoms with Gasteiger partial charge in [0.1, 0.15) is 18.4 Å². The van der Waals surface area contributed by atoms with Gasteiger partial charge in [-0.25, -0.2) is 0 Å². The lowest BCUT2D eigenvalue weighted by Crippen LogP contribution is -2.44. The van der Waals surface area contributed by atoms with Gasteiger partial charge in [0.05, 0.1) is 24.5 Å². The summed E-state index contributed by atoms with van der Waals surface area (Å²) in [4.78, 5) is 12.8. The molecule has 0 fully saturated rings. The summed E-state index contributed by atoms with van der Waals surface area (Å²) in [5.74, 6) is 0.519. The van der Waals surface area contributed by atoms with Crippen LogP contribution >= 0.6 is 0 Å². The maximum Gasteiger partial charge on any atom is 0.241 e. The molecule has 0 radical (unpaired) electrons. The monoisotopic (exact) mass is 349 g/mol. The molecule has 7 heteroatoms. The second kappa shape index (κ2) is 6.97. The van der Waals surface area contributed by atoms with Gasteiger partial charge in [0.25, 0.3) is 0 Å². The number of nitrogens with one attached hydrogen (secondary N) is 2. The Balaban J connectivity index is 1.55. The van der Waals surface area contributed by atoms with Crippen LogP contribution in [-0.2, 0) is 17.8 Å². The fourth-order valence-electron chi connectivity index (χ4n) is 3.15. The standard InChI is InChI=1S/C19H19N5O2/c1-26-18-7-6-15(24-11-21-22-12-24)9-16(18)23-19(25)17-8-13-4-2-3-5-14(13)10-20-17/h2-7,9,11-12,17,20H,8,10H2,1H3,(H,23,25)/t17-/m1/s1. The maximum atomic E-state index is 12.8. The Bertz CT molecular complexity index is 923. The van der Waals surface area contributed by atoms with E-state index in [1.54, 1.807) is 24.3 Å². The lowest BCUT2D eigenvalue weighted by atomic mass is 9.95. The van der Waals surface area contributed by atoms with Crippen molar-refractivity contribution in [2.24, 2.45) is 0 Å². The number of ether oxygens (including phenoxy) is 1. The molecule has 0 aliphatic carbocycles. The lowest BCUT2D eigenvalue weighted by Gasteiger charge is -2.25. The SMILES string of the molecule is COc1ccc(-n2cnnc2)cc1NC(=O)[C@H]1Cc2ccccc2CN1. The van der Waals surface area contributed by atoms with Crippen LogP contribution in [0.1, 0.15) is 11.1 Å². The van der Waals surface area contributed by atoms with E-state index >= 15 is 0 Å². The quantitative estimate of drug-likeness (QED) is 0.752. The Morgan fingerprint density at radius 3 is 2.73 bits per heavy atom. The van der Waals surface area contributed by atoms with Gasteiger partial charge >= 0.3 is 0 Å². The second-order valence-electron chi connectivity index (χ2n) is 6.15. The molecule has 4 rings (SSSR count). The Hall–Kier alpha value is -3.19. The van der Waals surface area contributed by atoms with E-state index in [9.17, 15) is 4.79 Å². The van der Waals surface area contributed by atoms with Crippen molar-refractivity contribution in [1.29, 1.82) is 0 Å². The molecule has 0 saturated heterocycles. The van der Waals surface area contributed by atoms with Crippen LogP contribution in [0.3, 0.4) is 0 Å². The predicted octanol–water partition coefficient (Wildman–Crippen LogP) is 1.93. The van der Waals surface area contributed by atoms with Crippen LogP contribution in [0.2, 0.25) is 0 Å². The molecular weight excluding hydrogens is 330 g/mol. The van der Waals surface area contributed by atoms with Crippen LogP contribution < -0.4 is 15.4 Å². The highest BCUT2D eigenvalue weighted by Gasteiger charge is 2.24. The van der Waals surface area contributed by atoms with Gasteiger partial charge in [0.15, 0.2) is 0 Å². The lowest BCUT2D eigenvalue weighted by molar-refractivity contribution is -0.118. The summed E-state index contributed by atoms with van der Waals surface area (Å²) in [7, 11) is 1.58. The molecule has 0 bridgehead atoms. The molecule has 1 aliphatic rings. The maximum absolute atomic E-state index is 12.8. The number of benzene rings is 2. The summed E-state index contributed by atoms with van der Waals surface area (Å²) in [6, 6.07) is 13.4. The summed E-state index contributed by atoms with van der Waals surface area (Å²) in [5, 5.41) is 13.9. The van der Waals surface area contributed by atoms with Crippen LogP contribution in [0.4, 0.5) is 5.69 Å². The number of rotatable bonds is 4. The molecule has 1 aliphatic heterocycles. The average molecular weight is 349 g/mol. The van der Waals surface area contributed by atoms with E-state index in [-0.39, 0.29) is 11.9 Å². The highest BCUT2D eigenvalue weighted by Crippen LogP contribution is 2.27. The Labute approximate surface area is 151 Å². The fourth-order valence-corrected chi connectivity index (χ4v) is 3.15. The molecule has 0 unspecified atom stereocenters. The molecule has 1 atom stereocenters. The number of amides is 1. The zero-order chi connectivity index (χ0) is 17.9. The zero-order valence-electron chi connectivity index (χ0n) is 14.3. The zero-order valence-corrected chi connectivity index (χ0v) is 14.3. The van der Waals surface area contributed by atoms with Crippen LogP contribution in [0, 0.1) is 0 Å². The largest absolute Gasteiger partial charge is 0.495 e. The number of hydrogen-bond acceptors (Lipinski definition) is 5. The summed E-state index contributed by atoms with van der Waals surface area (Å²) in [5.41, 5.74) is 3.90. The topological polar surface area (TPSA) is 81.1 Å². The number of carbonyl (C=O) groups excluding carboxylic acids is 1. The van der Waals surface area contributed by atoms with Crippen LogP contribution in [0.15, 0.2) is 55.1 Å². The van der Waals surface area contributed by atoms with Crippen molar-refractivity contribution in [3.05, 3.63) is 66.2 Å². The third-order valence-electron chi connectivity index (χ3n) is 4.56. The Morgan fingerprint density at radius 1 is 1.19 bits per heavy atom. The molecule has 132 valence electrons. The van der Waals surface area contributed by atoms with Gasteiger partial charge < -0.3 is 15.4 Å². The smallest absolute Gasteiger partial charge is 0.241 e. The first kappa shape index (κ1) is 16.3. The van der Waals surface area contributed by atoms with Crippen molar-refractivity contribution in [3.8, 4) is 11.4 Å². The molecule has 1 amide bonds. The minimum absolute atomic E-state index is 0.0845. The van der Waals surface area contributed by atoms with Gasteiger partial charge in [-0.05, 0) is 35.7 Å². The first-order valence-corrected chi connectivity index (χ1v) is 8.38. The average Bonchev–Trinajstić information content (AvgIpc) is 3.22. The third kappa shape index (κ3) is 3.16. The molecule has 3 aromatic rings. The number of methoxy groups -OCH3 is 1. The molecule has 0 saturated carbocycles. The van der Waals surface area contributed by atoms with Crippen molar-refractivity contribution in [3.63, 3.8) is 0 Å². The van der Waals surface area contributed by atoms with Crippen molar-refractivity contribution in [2.45, 2.75) is 19.0 Å². The number of carbonyl (C=O) groups is 1. The van der Waals surface area contributed by atoms with Crippen molar-refractivity contribution in [1.82, 2.24) is 20.1 Å². The highest BCUT2D eigenvalue weighted by molar-refractivity contribution is 5.96. The molecule has 2 aromatic carbocycles. The number of fused-ring (bicyclic) bond motifs is 1. The predicted molar refractivity (Wildman–Crippen MR) is 97.3 cm³/mol. The van der Waals surface area contributed by atoms with E-state index in [2.05, 4.69) is 33.0 Å². The van der Waals surface area contributed by atoms with Crippen molar-refractivity contribution >= 4 is 11.6 Å². The van der Waals surface area contributed by atoms with Gasteiger partial charge in [-0.15, -0.1) is 10.2 Å². The Kier molecular flexibility index (Phi) is 4.37. The van der Waals surface area contributed by atoms with Gasteiger partial charge in [-0.3, -0.25) is 9.36 Å². The molecule has 2 heterocycles. The molecule has 1 aromatic heterocycles. The van der Waals surface area contributed by atoms with Crippen molar-refractivity contribution < 1.29 is 9.53 Å². The van der Waals surface area contributed by atoms with E-state index in [0.717, 1.165) is 5.69 Å². The van der Waals surface area contributed by atoms with Crippen molar-refractivity contribution in [2.75, 3.05) is 12.4 Å². The van der Waals surface area contributed by atoms with Crippen LogP contribution in [0.25, 0.3) is 5.69 Å². The molecule has 26 heavy (non-hydrogen) atoms. The minimum atomic E-state index is -0.284. The van der Waals surface area contributed by atoms with E-state index in [1.165, 1.54) is 11.1 Å². The molecule has 7 nitrogen and oxygen atoms in total. The summed E-state index contributed by atoms with van der Waals surface area (Å²) < 4.78 is 7.15.